The highest BCUT2D eigenvalue weighted by molar-refractivity contribution is 6.18. The molecule has 12 aromatic rings. The Hall–Kier alpha value is -8.27. The van der Waals surface area contributed by atoms with Gasteiger partial charge in [-0.1, -0.05) is 146 Å². The molecule has 0 aliphatic heterocycles. The molecular weight excluding hydrogens is 723 g/mol. The maximum Gasteiger partial charge on any atom is 0.164 e. The first-order valence-electron chi connectivity index (χ1n) is 19.6. The van der Waals surface area contributed by atoms with Crippen molar-refractivity contribution in [3.63, 3.8) is 0 Å². The molecule has 274 valence electrons. The van der Waals surface area contributed by atoms with E-state index in [1.54, 1.807) is 0 Å². The number of furan rings is 1. The molecule has 0 unspecified atom stereocenters. The number of benzene rings is 8. The van der Waals surface area contributed by atoms with Crippen molar-refractivity contribution < 1.29 is 4.42 Å². The number of para-hydroxylation sites is 5. The smallest absolute Gasteiger partial charge is 0.164 e. The van der Waals surface area contributed by atoms with E-state index < -0.39 is 0 Å². The van der Waals surface area contributed by atoms with Gasteiger partial charge in [0.25, 0.3) is 0 Å². The first-order chi connectivity index (χ1) is 29.2. The van der Waals surface area contributed by atoms with Gasteiger partial charge >= 0.3 is 0 Å². The molecule has 4 aromatic heterocycles. The van der Waals surface area contributed by atoms with E-state index in [-0.39, 0.29) is 0 Å². The molecule has 0 fully saturated rings. The van der Waals surface area contributed by atoms with Gasteiger partial charge in [-0.3, -0.25) is 0 Å². The lowest BCUT2D eigenvalue weighted by molar-refractivity contribution is 0.668. The zero-order chi connectivity index (χ0) is 39.0. The van der Waals surface area contributed by atoms with E-state index in [1.165, 1.54) is 0 Å². The average Bonchev–Trinajstić information content (AvgIpc) is 3.97. The number of nitriles is 1. The van der Waals surface area contributed by atoms with E-state index in [4.69, 9.17) is 14.4 Å². The third kappa shape index (κ3) is 4.92. The van der Waals surface area contributed by atoms with Gasteiger partial charge in [-0.05, 0) is 42.5 Å². The van der Waals surface area contributed by atoms with Crippen molar-refractivity contribution in [1.29, 1.82) is 5.26 Å². The van der Waals surface area contributed by atoms with Crippen molar-refractivity contribution in [2.45, 2.75) is 0 Å². The summed E-state index contributed by atoms with van der Waals surface area (Å²) in [6.07, 6.45) is 0. The van der Waals surface area contributed by atoms with Gasteiger partial charge in [0, 0.05) is 38.1 Å². The van der Waals surface area contributed by atoms with Crippen LogP contribution < -0.4 is 0 Å². The number of aromatic nitrogens is 4. The largest absolute Gasteiger partial charge is 0.454 e. The molecule has 0 saturated carbocycles. The molecular formula is C53H31N5O. The minimum absolute atomic E-state index is 0.446. The minimum Gasteiger partial charge on any atom is -0.454 e. The quantitative estimate of drug-likeness (QED) is 0.175. The molecule has 0 atom stereocenters. The number of fused-ring (bicyclic) bond motifs is 9. The molecule has 0 N–H and O–H groups in total. The Morgan fingerprint density at radius 3 is 1.36 bits per heavy atom. The van der Waals surface area contributed by atoms with Gasteiger partial charge in [-0.25, -0.2) is 9.97 Å². The first-order valence-corrected chi connectivity index (χ1v) is 19.6. The van der Waals surface area contributed by atoms with Crippen LogP contribution in [0.25, 0.3) is 111 Å². The van der Waals surface area contributed by atoms with Crippen LogP contribution in [0.15, 0.2) is 192 Å². The van der Waals surface area contributed by atoms with Crippen molar-refractivity contribution in [3.8, 4) is 51.3 Å². The fourth-order valence-corrected chi connectivity index (χ4v) is 9.02. The Bertz CT molecular complexity index is 3520. The van der Waals surface area contributed by atoms with Gasteiger partial charge in [0.05, 0.1) is 55.8 Å². The van der Waals surface area contributed by atoms with Crippen LogP contribution in [0.1, 0.15) is 5.56 Å². The maximum absolute atomic E-state index is 11.3. The van der Waals surface area contributed by atoms with Crippen LogP contribution in [0.3, 0.4) is 0 Å². The van der Waals surface area contributed by atoms with E-state index in [0.717, 1.165) is 93.8 Å². The summed E-state index contributed by atoms with van der Waals surface area (Å²) in [4.78, 5) is 10.4. The molecule has 6 heteroatoms. The lowest BCUT2D eigenvalue weighted by atomic mass is 10.0. The summed E-state index contributed by atoms with van der Waals surface area (Å²) in [6, 6.07) is 67.2. The maximum atomic E-state index is 11.3. The molecule has 0 aliphatic carbocycles. The summed E-state index contributed by atoms with van der Waals surface area (Å²) >= 11 is 0. The van der Waals surface area contributed by atoms with E-state index >= 15 is 0 Å². The van der Waals surface area contributed by atoms with Crippen molar-refractivity contribution in [2.24, 2.45) is 0 Å². The lowest BCUT2D eigenvalue weighted by Gasteiger charge is -2.16. The standard InChI is InChI=1S/C53H31N5O/c54-32-41-48(57-44-26-11-7-20-35(44)36-21-8-12-27-45(36)57)31-49(58-46-28-13-9-22-37(46)38-23-10-14-29-47(38)58)50-39-24-15-25-40(51(39)59-52(41)50)53-55-42(33-16-3-1-4-17-33)30-43(56-53)34-18-5-2-6-19-34/h1-31H. The molecule has 59 heavy (non-hydrogen) atoms. The zero-order valence-corrected chi connectivity index (χ0v) is 31.5. The summed E-state index contributed by atoms with van der Waals surface area (Å²) in [5.41, 5.74) is 11.7. The monoisotopic (exact) mass is 753 g/mol. The fourth-order valence-electron chi connectivity index (χ4n) is 9.02. The predicted molar refractivity (Wildman–Crippen MR) is 239 cm³/mol. The molecule has 0 aliphatic rings. The van der Waals surface area contributed by atoms with Crippen molar-refractivity contribution in [2.75, 3.05) is 0 Å². The van der Waals surface area contributed by atoms with Crippen LogP contribution >= 0.6 is 0 Å². The second kappa shape index (κ2) is 12.9. The topological polar surface area (TPSA) is 72.6 Å². The molecule has 0 radical (unpaired) electrons. The summed E-state index contributed by atoms with van der Waals surface area (Å²) in [7, 11) is 0. The second-order valence-corrected chi connectivity index (χ2v) is 14.8. The Morgan fingerprint density at radius 1 is 0.424 bits per heavy atom. The van der Waals surface area contributed by atoms with Crippen LogP contribution in [0.4, 0.5) is 0 Å². The minimum atomic E-state index is 0.446. The van der Waals surface area contributed by atoms with Crippen molar-refractivity contribution in [3.05, 3.63) is 194 Å². The highest BCUT2D eigenvalue weighted by atomic mass is 16.3. The number of nitrogens with zero attached hydrogens (tertiary/aromatic N) is 5. The van der Waals surface area contributed by atoms with Crippen LogP contribution in [0, 0.1) is 11.3 Å². The molecule has 6 nitrogen and oxygen atoms in total. The van der Waals surface area contributed by atoms with E-state index in [2.05, 4.69) is 149 Å². The Labute approximate surface area is 338 Å². The highest BCUT2D eigenvalue weighted by Gasteiger charge is 2.27. The number of hydrogen-bond donors (Lipinski definition) is 0. The predicted octanol–water partition coefficient (Wildman–Crippen LogP) is 13.4. The van der Waals surface area contributed by atoms with Crippen molar-refractivity contribution in [1.82, 2.24) is 19.1 Å². The summed E-state index contributed by atoms with van der Waals surface area (Å²) < 4.78 is 11.7. The zero-order valence-electron chi connectivity index (χ0n) is 31.5. The van der Waals surface area contributed by atoms with Crippen LogP contribution in [0.2, 0.25) is 0 Å². The van der Waals surface area contributed by atoms with E-state index in [1.807, 2.05) is 54.6 Å². The summed E-state index contributed by atoms with van der Waals surface area (Å²) in [5, 5.41) is 17.5. The van der Waals surface area contributed by atoms with Gasteiger partial charge in [-0.15, -0.1) is 0 Å². The summed E-state index contributed by atoms with van der Waals surface area (Å²) in [5.74, 6) is 0.536. The SMILES string of the molecule is N#Cc1c(-n2c3ccccc3c3ccccc32)cc(-n2c3ccccc3c3ccccc32)c2c1oc1c(-c3nc(-c4ccccc4)cc(-c4ccccc4)n3)cccc12. The van der Waals surface area contributed by atoms with Crippen molar-refractivity contribution >= 4 is 65.6 Å². The normalized spacial score (nSPS) is 11.7. The van der Waals surface area contributed by atoms with E-state index in [0.29, 0.717) is 22.6 Å². The molecule has 0 saturated heterocycles. The third-order valence-corrected chi connectivity index (χ3v) is 11.6. The van der Waals surface area contributed by atoms with Gasteiger partial charge in [0.1, 0.15) is 17.2 Å². The fraction of sp³-hybridized carbons (Fsp3) is 0. The third-order valence-electron chi connectivity index (χ3n) is 11.6. The molecule has 0 amide bonds. The van der Waals surface area contributed by atoms with Gasteiger partial charge < -0.3 is 13.6 Å². The lowest BCUT2D eigenvalue weighted by Crippen LogP contribution is -2.02. The van der Waals surface area contributed by atoms with Crippen LogP contribution in [-0.4, -0.2) is 19.1 Å². The number of hydrogen-bond acceptors (Lipinski definition) is 4. The molecule has 0 spiro atoms. The summed E-state index contributed by atoms with van der Waals surface area (Å²) in [6.45, 7) is 0. The van der Waals surface area contributed by atoms with Gasteiger partial charge in [-0.2, -0.15) is 5.26 Å². The molecule has 12 rings (SSSR count). The Balaban J connectivity index is 1.23. The van der Waals surface area contributed by atoms with E-state index in [9.17, 15) is 5.26 Å². The Kier molecular flexibility index (Phi) is 7.19. The Morgan fingerprint density at radius 2 is 0.864 bits per heavy atom. The van der Waals surface area contributed by atoms with Crippen LogP contribution in [-0.2, 0) is 0 Å². The molecule has 0 bridgehead atoms. The average molecular weight is 754 g/mol. The highest BCUT2D eigenvalue weighted by Crippen LogP contribution is 2.45. The second-order valence-electron chi connectivity index (χ2n) is 14.8. The van der Waals surface area contributed by atoms with Gasteiger partial charge in [0.2, 0.25) is 0 Å². The van der Waals surface area contributed by atoms with Crippen LogP contribution in [0.5, 0.6) is 0 Å². The number of rotatable bonds is 5. The first kappa shape index (κ1) is 32.9. The van der Waals surface area contributed by atoms with Gasteiger partial charge in [0.15, 0.2) is 11.4 Å². The molecule has 8 aromatic carbocycles. The molecule has 4 heterocycles.